The Morgan fingerprint density at radius 1 is 1.38 bits per heavy atom. The highest BCUT2D eigenvalue weighted by atomic mass is 35.5. The third-order valence-corrected chi connectivity index (χ3v) is 4.12. The number of carbonyl (C=O) groups excluding carboxylic acids is 1. The predicted molar refractivity (Wildman–Crippen MR) is 92.3 cm³/mol. The van der Waals surface area contributed by atoms with Crippen LogP contribution in [0.15, 0.2) is 42.7 Å². The number of likely N-dealkylation sites (tertiary alicyclic amines) is 1. The molecule has 1 aromatic carbocycles. The Kier molecular flexibility index (Phi) is 5.59. The van der Waals surface area contributed by atoms with Crippen LogP contribution in [-0.4, -0.2) is 46.4 Å². The second-order valence-corrected chi connectivity index (χ2v) is 6.23. The molecule has 1 aliphatic rings. The van der Waals surface area contributed by atoms with Crippen LogP contribution in [0.1, 0.15) is 12.8 Å². The van der Waals surface area contributed by atoms with Crippen molar-refractivity contribution in [2.24, 2.45) is 0 Å². The van der Waals surface area contributed by atoms with Gasteiger partial charge in [0.1, 0.15) is 11.9 Å². The van der Waals surface area contributed by atoms with E-state index in [1.165, 1.54) is 0 Å². The molecule has 1 saturated heterocycles. The first kappa shape index (κ1) is 16.6. The first-order valence-corrected chi connectivity index (χ1v) is 8.51. The van der Waals surface area contributed by atoms with Crippen LogP contribution in [0, 0.1) is 0 Å². The molecule has 1 aromatic heterocycles. The highest BCUT2D eigenvalue weighted by Crippen LogP contribution is 2.17. The molecule has 2 aromatic rings. The minimum absolute atomic E-state index is 0.0346. The van der Waals surface area contributed by atoms with E-state index >= 15 is 0 Å². The van der Waals surface area contributed by atoms with E-state index in [9.17, 15) is 4.79 Å². The van der Waals surface area contributed by atoms with Crippen LogP contribution >= 0.6 is 11.6 Å². The molecule has 1 fully saturated rings. The second-order valence-electron chi connectivity index (χ2n) is 5.79. The largest absolute Gasteiger partial charge is 0.489 e. The number of urea groups is 1. The Hall–Kier alpha value is -2.21. The van der Waals surface area contributed by atoms with Gasteiger partial charge in [-0.15, -0.1) is 0 Å². The van der Waals surface area contributed by atoms with Crippen molar-refractivity contribution >= 4 is 17.6 Å². The molecule has 0 radical (unpaired) electrons. The van der Waals surface area contributed by atoms with E-state index in [0.717, 1.165) is 31.7 Å². The van der Waals surface area contributed by atoms with Gasteiger partial charge in [0.2, 0.25) is 0 Å². The number of amides is 2. The molecule has 6 nitrogen and oxygen atoms in total. The molecule has 128 valence electrons. The fourth-order valence-electron chi connectivity index (χ4n) is 2.71. The molecule has 2 heterocycles. The van der Waals surface area contributed by atoms with Gasteiger partial charge in [0.25, 0.3) is 0 Å². The van der Waals surface area contributed by atoms with Gasteiger partial charge < -0.3 is 15.0 Å². The maximum atomic E-state index is 12.2. The van der Waals surface area contributed by atoms with Gasteiger partial charge in [0.05, 0.1) is 17.8 Å². The quantitative estimate of drug-likeness (QED) is 0.817. The zero-order chi connectivity index (χ0) is 16.8. The highest BCUT2D eigenvalue weighted by molar-refractivity contribution is 6.30. The van der Waals surface area contributed by atoms with E-state index in [1.54, 1.807) is 22.0 Å². The van der Waals surface area contributed by atoms with Crippen molar-refractivity contribution in [1.82, 2.24) is 20.0 Å². The summed E-state index contributed by atoms with van der Waals surface area (Å²) >= 11 is 5.81. The van der Waals surface area contributed by atoms with Crippen molar-refractivity contribution in [1.29, 1.82) is 0 Å². The van der Waals surface area contributed by atoms with E-state index in [4.69, 9.17) is 16.3 Å². The predicted octanol–water partition coefficient (Wildman–Crippen LogP) is 2.79. The number of rotatable bonds is 6. The topological polar surface area (TPSA) is 59.4 Å². The summed E-state index contributed by atoms with van der Waals surface area (Å²) in [5, 5.41) is 7.67. The van der Waals surface area contributed by atoms with Crippen molar-refractivity contribution in [3.8, 4) is 5.75 Å². The average Bonchev–Trinajstić information content (AvgIpc) is 3.21. The van der Waals surface area contributed by atoms with Gasteiger partial charge in [0.15, 0.2) is 0 Å². The van der Waals surface area contributed by atoms with Crippen LogP contribution in [-0.2, 0) is 6.54 Å². The number of benzene rings is 1. The number of nitrogens with one attached hydrogen (secondary N) is 1. The lowest BCUT2D eigenvalue weighted by Crippen LogP contribution is -2.40. The lowest BCUT2D eigenvalue weighted by molar-refractivity contribution is 0.187. The molecule has 2 amide bonds. The number of nitrogens with zero attached hydrogens (tertiary/aromatic N) is 3. The maximum Gasteiger partial charge on any atom is 0.317 e. The van der Waals surface area contributed by atoms with E-state index in [1.807, 2.05) is 30.3 Å². The first-order chi connectivity index (χ1) is 11.7. The average molecular weight is 349 g/mol. The standard InChI is InChI=1S/C17H21ClN4O2/c18-14-11-20-22(12-14)9-4-8-19-17(23)21-10-7-16(13-21)24-15-5-2-1-3-6-15/h1-3,5-6,11-12,16H,4,7-10,13H2,(H,19,23)/t16-/m0/s1. The zero-order valence-electron chi connectivity index (χ0n) is 13.4. The number of para-hydroxylation sites is 1. The fourth-order valence-corrected chi connectivity index (χ4v) is 2.87. The summed E-state index contributed by atoms with van der Waals surface area (Å²) < 4.78 is 7.67. The lowest BCUT2D eigenvalue weighted by Gasteiger charge is -2.18. The molecule has 1 N–H and O–H groups in total. The number of hydrogen-bond donors (Lipinski definition) is 1. The monoisotopic (exact) mass is 348 g/mol. The third-order valence-electron chi connectivity index (χ3n) is 3.92. The Labute approximate surface area is 146 Å². The van der Waals surface area contributed by atoms with E-state index < -0.39 is 0 Å². The Bertz CT molecular complexity index is 662. The maximum absolute atomic E-state index is 12.2. The van der Waals surface area contributed by atoms with Crippen LogP contribution in [0.25, 0.3) is 0 Å². The number of aryl methyl sites for hydroxylation is 1. The van der Waals surface area contributed by atoms with Gasteiger partial charge in [-0.25, -0.2) is 4.79 Å². The summed E-state index contributed by atoms with van der Waals surface area (Å²) in [6, 6.07) is 9.68. The van der Waals surface area contributed by atoms with Crippen molar-refractivity contribution in [3.05, 3.63) is 47.7 Å². The molecule has 1 aliphatic heterocycles. The molecule has 3 rings (SSSR count). The minimum Gasteiger partial charge on any atom is -0.489 e. The zero-order valence-corrected chi connectivity index (χ0v) is 14.2. The SMILES string of the molecule is O=C(NCCCn1cc(Cl)cn1)N1CC[C@H](Oc2ccccc2)C1. The van der Waals surface area contributed by atoms with Crippen LogP contribution < -0.4 is 10.1 Å². The molecule has 7 heteroatoms. The van der Waals surface area contributed by atoms with E-state index in [0.29, 0.717) is 18.1 Å². The molecule has 1 atom stereocenters. The van der Waals surface area contributed by atoms with Gasteiger partial charge in [0, 0.05) is 32.3 Å². The molecule has 0 bridgehead atoms. The summed E-state index contributed by atoms with van der Waals surface area (Å²) in [6.45, 7) is 2.68. The highest BCUT2D eigenvalue weighted by Gasteiger charge is 2.27. The molecular weight excluding hydrogens is 328 g/mol. The number of aromatic nitrogens is 2. The first-order valence-electron chi connectivity index (χ1n) is 8.13. The van der Waals surface area contributed by atoms with Crippen LogP contribution in [0.2, 0.25) is 5.02 Å². The van der Waals surface area contributed by atoms with Gasteiger partial charge in [-0.3, -0.25) is 4.68 Å². The Balaban J connectivity index is 1.35. The van der Waals surface area contributed by atoms with Crippen LogP contribution in [0.5, 0.6) is 5.75 Å². The molecule has 0 saturated carbocycles. The van der Waals surface area contributed by atoms with E-state index in [-0.39, 0.29) is 12.1 Å². The summed E-state index contributed by atoms with van der Waals surface area (Å²) in [5.74, 6) is 0.850. The van der Waals surface area contributed by atoms with Gasteiger partial charge >= 0.3 is 6.03 Å². The van der Waals surface area contributed by atoms with Crippen LogP contribution in [0.4, 0.5) is 4.79 Å². The Morgan fingerprint density at radius 2 is 2.21 bits per heavy atom. The number of halogens is 1. The minimum atomic E-state index is -0.0346. The Morgan fingerprint density at radius 3 is 2.96 bits per heavy atom. The number of carbonyl (C=O) groups is 1. The molecule has 0 unspecified atom stereocenters. The third kappa shape index (κ3) is 4.64. The molecular formula is C17H21ClN4O2. The summed E-state index contributed by atoms with van der Waals surface area (Å²) in [5.41, 5.74) is 0. The van der Waals surface area contributed by atoms with Gasteiger partial charge in [-0.2, -0.15) is 5.10 Å². The van der Waals surface area contributed by atoms with Crippen molar-refractivity contribution < 1.29 is 9.53 Å². The number of ether oxygens (including phenoxy) is 1. The van der Waals surface area contributed by atoms with Crippen molar-refractivity contribution in [3.63, 3.8) is 0 Å². The van der Waals surface area contributed by atoms with Crippen molar-refractivity contribution in [2.45, 2.75) is 25.5 Å². The summed E-state index contributed by atoms with van der Waals surface area (Å²) in [4.78, 5) is 14.0. The van der Waals surface area contributed by atoms with E-state index in [2.05, 4.69) is 10.4 Å². The molecule has 0 spiro atoms. The smallest absolute Gasteiger partial charge is 0.317 e. The van der Waals surface area contributed by atoms with Crippen molar-refractivity contribution in [2.75, 3.05) is 19.6 Å². The fraction of sp³-hybridized carbons (Fsp3) is 0.412. The number of hydrogen-bond acceptors (Lipinski definition) is 3. The lowest BCUT2D eigenvalue weighted by atomic mass is 10.3. The summed E-state index contributed by atoms with van der Waals surface area (Å²) in [7, 11) is 0. The van der Waals surface area contributed by atoms with Crippen LogP contribution in [0.3, 0.4) is 0 Å². The molecule has 0 aliphatic carbocycles. The normalized spacial score (nSPS) is 17.0. The van der Waals surface area contributed by atoms with Gasteiger partial charge in [-0.1, -0.05) is 29.8 Å². The summed E-state index contributed by atoms with van der Waals surface area (Å²) in [6.07, 6.45) is 5.10. The van der Waals surface area contributed by atoms with Gasteiger partial charge in [-0.05, 0) is 18.6 Å². The second kappa shape index (κ2) is 8.06. The molecule has 24 heavy (non-hydrogen) atoms.